The van der Waals surface area contributed by atoms with E-state index in [1.165, 1.54) is 17.9 Å². The number of aryl methyl sites for hydroxylation is 2. The van der Waals surface area contributed by atoms with Gasteiger partial charge < -0.3 is 57.5 Å². The van der Waals surface area contributed by atoms with Crippen molar-refractivity contribution in [2.45, 2.75) is 107 Å². The summed E-state index contributed by atoms with van der Waals surface area (Å²) in [4.78, 5) is 31.6. The van der Waals surface area contributed by atoms with Gasteiger partial charge in [0, 0.05) is 85.4 Å². The van der Waals surface area contributed by atoms with E-state index in [1.54, 1.807) is 0 Å². The number of hydrogen-bond acceptors (Lipinski definition) is 18. The van der Waals surface area contributed by atoms with Gasteiger partial charge in [-0.2, -0.15) is 4.98 Å². The number of halogens is 2. The molecule has 5 saturated heterocycles. The van der Waals surface area contributed by atoms with Crippen molar-refractivity contribution < 1.29 is 54.6 Å². The van der Waals surface area contributed by atoms with E-state index in [-0.39, 0.29) is 43.1 Å². The highest BCUT2D eigenvalue weighted by Crippen LogP contribution is 2.50. The van der Waals surface area contributed by atoms with Crippen LogP contribution < -0.4 is 24.7 Å². The zero-order valence-electron chi connectivity index (χ0n) is 46.8. The van der Waals surface area contributed by atoms with Crippen LogP contribution in [0.5, 0.6) is 11.5 Å². The van der Waals surface area contributed by atoms with Gasteiger partial charge in [0.2, 0.25) is 5.28 Å². The Labute approximate surface area is 494 Å². The van der Waals surface area contributed by atoms with Crippen molar-refractivity contribution in [3.63, 3.8) is 0 Å². The van der Waals surface area contributed by atoms with Gasteiger partial charge in [0.1, 0.15) is 34.1 Å². The van der Waals surface area contributed by atoms with Crippen LogP contribution in [0.4, 0.5) is 11.6 Å². The molecule has 440 valence electrons. The number of fused-ring (bicyclic) bond motifs is 8. The molecule has 7 aliphatic heterocycles. The number of nitrogens with zero attached hydrogens (tertiary/aromatic N) is 6. The Morgan fingerprint density at radius 3 is 1.58 bits per heavy atom. The average Bonchev–Trinajstić information content (AvgIpc) is 4.27. The van der Waals surface area contributed by atoms with Crippen LogP contribution in [0.1, 0.15) is 83.6 Å². The number of alkyl halides is 1. The molecule has 11 heterocycles. The Morgan fingerprint density at radius 1 is 0.617 bits per heavy atom. The minimum Gasteiger partial charge on any atom is -0.486 e. The van der Waals surface area contributed by atoms with Crippen LogP contribution in [0.15, 0.2) is 48.5 Å². The molecule has 81 heavy (non-hydrogen) atoms. The molecule has 6 aromatic rings. The van der Waals surface area contributed by atoms with Gasteiger partial charge >= 0.3 is 7.12 Å². The fourth-order valence-corrected chi connectivity index (χ4v) is 14.7. The van der Waals surface area contributed by atoms with Gasteiger partial charge in [-0.1, -0.05) is 54.3 Å². The summed E-state index contributed by atoms with van der Waals surface area (Å²) in [5.74, 6) is 2.62. The predicted octanol–water partition coefficient (Wildman–Crippen LogP) is 7.82. The summed E-state index contributed by atoms with van der Waals surface area (Å²) in [6.07, 6.45) is 3.84. The summed E-state index contributed by atoms with van der Waals surface area (Å²) in [6, 6.07) is 16.5. The smallest absolute Gasteiger partial charge is 0.486 e. The quantitative estimate of drug-likeness (QED) is 0.0700. The highest BCUT2D eigenvalue weighted by molar-refractivity contribution is 14.1. The fraction of sp³-hybridized carbons (Fsp3) is 0.571. The summed E-state index contributed by atoms with van der Waals surface area (Å²) in [5, 5.41) is 2.21. The molecule has 4 aromatic heterocycles. The molecule has 0 saturated carbocycles. The Hall–Kier alpha value is -4.38. The molecule has 2 unspecified atom stereocenters. The number of benzene rings is 2. The van der Waals surface area contributed by atoms with E-state index in [0.717, 1.165) is 38.8 Å². The number of aromatic amines is 2. The van der Waals surface area contributed by atoms with Crippen molar-refractivity contribution in [2.24, 2.45) is 0 Å². The standard InChI is InChI=1S/C24H28N4O5S.C15H20BNO2.C15H20ClN3O5S.CH3I.CH4/c1-15-12-18-17(4-3-5-19(18)25-15)22-26-21(24(34(2,29)30)6-9-31-10-7-24)20-23(27-22)28-8-11-32-13-16(28)14-33-20;1-10-9-11-12(7-6-8-13(11)17-10)16-18-14(2,3)15(4,5)19-16;1-25(20,21)15(2-5-22-6-3-15)12-11-13(18-14(16)17-12)19-4-7-23-8-10(19)9-24-11;1-2;/h3-5,12,16,25H,6-11,13-14H2,1-2H3;6-9,17H,1-5H3;10H,2-9H2,1H3;1H3;1H4. The second-order valence-electron chi connectivity index (χ2n) is 22.3. The third-order valence-electron chi connectivity index (χ3n) is 16.8. The van der Waals surface area contributed by atoms with Crippen LogP contribution in [0.3, 0.4) is 0 Å². The number of H-pyrrole nitrogens is 2. The van der Waals surface area contributed by atoms with Crippen molar-refractivity contribution in [1.82, 2.24) is 29.9 Å². The summed E-state index contributed by atoms with van der Waals surface area (Å²) < 4.78 is 96.3. The molecular weight excluding hydrogens is 1210 g/mol. The van der Waals surface area contributed by atoms with E-state index in [4.69, 9.17) is 59.3 Å². The van der Waals surface area contributed by atoms with E-state index < -0.39 is 29.2 Å². The molecule has 5 fully saturated rings. The predicted molar refractivity (Wildman–Crippen MR) is 325 cm³/mol. The lowest BCUT2D eigenvalue weighted by molar-refractivity contribution is 0.00578. The second-order valence-corrected chi connectivity index (χ2v) is 27.3. The minimum atomic E-state index is -3.54. The maximum absolute atomic E-state index is 13.3. The van der Waals surface area contributed by atoms with Gasteiger partial charge in [-0.05, 0) is 119 Å². The number of aromatic nitrogens is 6. The van der Waals surface area contributed by atoms with E-state index >= 15 is 0 Å². The van der Waals surface area contributed by atoms with Crippen LogP contribution in [0, 0.1) is 13.8 Å². The Bertz CT molecular complexity index is 3470. The number of nitrogens with one attached hydrogen (secondary N) is 2. The molecule has 2 N–H and O–H groups in total. The van der Waals surface area contributed by atoms with Crippen molar-refractivity contribution in [3.05, 3.63) is 76.6 Å². The van der Waals surface area contributed by atoms with Gasteiger partial charge in [-0.3, -0.25) is 0 Å². The molecule has 7 aliphatic rings. The summed E-state index contributed by atoms with van der Waals surface area (Å²) in [7, 11) is -7.31. The maximum atomic E-state index is 13.3. The van der Waals surface area contributed by atoms with Crippen LogP contribution >= 0.6 is 34.2 Å². The van der Waals surface area contributed by atoms with Crippen LogP contribution in [0.2, 0.25) is 5.28 Å². The highest BCUT2D eigenvalue weighted by Gasteiger charge is 2.53. The summed E-state index contributed by atoms with van der Waals surface area (Å²) >= 11 is 8.33. The third kappa shape index (κ3) is 11.5. The molecule has 0 amide bonds. The minimum absolute atomic E-state index is 0. The molecule has 0 radical (unpaired) electrons. The zero-order chi connectivity index (χ0) is 57.0. The lowest BCUT2D eigenvalue weighted by Crippen LogP contribution is -2.52. The third-order valence-corrected chi connectivity index (χ3v) is 21.0. The maximum Gasteiger partial charge on any atom is 0.495 e. The number of ether oxygens (including phenoxy) is 6. The second kappa shape index (κ2) is 23.9. The van der Waals surface area contributed by atoms with Gasteiger partial charge in [0.15, 0.2) is 48.6 Å². The Kier molecular flexibility index (Phi) is 18.1. The molecule has 0 bridgehead atoms. The van der Waals surface area contributed by atoms with Gasteiger partial charge in [-0.15, -0.1) is 0 Å². The van der Waals surface area contributed by atoms with Crippen molar-refractivity contribution in [2.75, 3.05) is 106 Å². The van der Waals surface area contributed by atoms with Crippen molar-refractivity contribution in [1.29, 1.82) is 0 Å². The lowest BCUT2D eigenvalue weighted by atomic mass is 9.77. The topological polar surface area (TPSA) is 232 Å². The van der Waals surface area contributed by atoms with Crippen molar-refractivity contribution in [3.8, 4) is 22.9 Å². The Balaban J connectivity index is 0.000000150. The normalized spacial score (nSPS) is 22.3. The zero-order valence-corrected chi connectivity index (χ0v) is 51.4. The summed E-state index contributed by atoms with van der Waals surface area (Å²) in [5.41, 5.74) is 6.47. The molecular formula is C56H75BClIN8O12S2. The molecule has 13 rings (SSSR count). The molecule has 2 atom stereocenters. The number of hydrogen-bond donors (Lipinski definition) is 2. The van der Waals surface area contributed by atoms with Crippen LogP contribution in [0.25, 0.3) is 33.2 Å². The van der Waals surface area contributed by atoms with Crippen LogP contribution in [-0.2, 0) is 57.4 Å². The Morgan fingerprint density at radius 2 is 1.07 bits per heavy atom. The van der Waals surface area contributed by atoms with E-state index in [0.29, 0.717) is 145 Å². The molecule has 20 nitrogen and oxygen atoms in total. The van der Waals surface area contributed by atoms with E-state index in [1.807, 2.05) is 36.1 Å². The fourth-order valence-electron chi connectivity index (χ4n) is 11.7. The van der Waals surface area contributed by atoms with E-state index in [9.17, 15) is 16.8 Å². The molecule has 0 aliphatic carbocycles. The molecule has 25 heteroatoms. The number of anilines is 2. The SMILES string of the molecule is C.CI.CS(=O)(=O)C1(c2nc(Cl)nc3c2OCC2COCCN32)CCOCC1.Cc1cc2c(-c3nc4c(c(C5(S(C)(=O)=O)CCOCC5)n3)OCC3COCCN43)cccc2[nH]1.Cc1cc2c(B3OC(C)(C)C(C)(C)O3)cccc2[nH]1. The van der Waals surface area contributed by atoms with E-state index in [2.05, 4.69) is 111 Å². The first-order valence-corrected chi connectivity index (χ1v) is 33.3. The molecule has 0 spiro atoms. The van der Waals surface area contributed by atoms with Crippen LogP contribution in [-0.4, -0.2) is 174 Å². The number of sulfone groups is 2. The first-order chi connectivity index (χ1) is 38.1. The number of morpholine rings is 2. The average molecular weight is 1290 g/mol. The monoisotopic (exact) mass is 1290 g/mol. The first-order valence-electron chi connectivity index (χ1n) is 27.0. The largest absolute Gasteiger partial charge is 0.495 e. The highest BCUT2D eigenvalue weighted by atomic mass is 127. The van der Waals surface area contributed by atoms with Gasteiger partial charge in [0.05, 0.1) is 49.7 Å². The first kappa shape index (κ1) is 61.2. The van der Waals surface area contributed by atoms with Crippen molar-refractivity contribution >= 4 is 99.9 Å². The lowest BCUT2D eigenvalue weighted by Gasteiger charge is -2.43. The number of rotatable bonds is 6. The van der Waals surface area contributed by atoms with Gasteiger partial charge in [-0.25, -0.2) is 31.8 Å². The molecule has 2 aromatic carbocycles. The van der Waals surface area contributed by atoms with Gasteiger partial charge in [0.25, 0.3) is 0 Å². The summed E-state index contributed by atoms with van der Waals surface area (Å²) in [6.45, 7) is 18.2.